The molecule has 126 valence electrons. The Labute approximate surface area is 136 Å². The normalized spacial score (nSPS) is 31.3. The molecule has 2 aliphatic heterocycles. The number of cyclic esters (lactones) is 1. The summed E-state index contributed by atoms with van der Waals surface area (Å²) in [4.78, 5) is 21.0. The average molecular weight is 320 g/mol. The largest absolute Gasteiger partial charge is 0.461 e. The maximum Gasteiger partial charge on any atom is 0.323 e. The summed E-state index contributed by atoms with van der Waals surface area (Å²) in [6, 6.07) is 0.0685. The molecule has 7 heteroatoms. The number of nitrogens with zero attached hydrogens (tertiary/aromatic N) is 4. The Hall–Kier alpha value is -1.47. The molecular formula is C16H24N4O3. The molecule has 1 aromatic rings. The molecule has 3 fully saturated rings. The molecule has 0 aromatic carbocycles. The van der Waals surface area contributed by atoms with Crippen LogP contribution in [0.2, 0.25) is 0 Å². The van der Waals surface area contributed by atoms with E-state index in [0.717, 1.165) is 38.4 Å². The molecule has 0 radical (unpaired) electrons. The second kappa shape index (κ2) is 5.87. The van der Waals surface area contributed by atoms with Gasteiger partial charge in [-0.2, -0.15) is 4.98 Å². The van der Waals surface area contributed by atoms with Crippen LogP contribution < -0.4 is 0 Å². The zero-order valence-corrected chi connectivity index (χ0v) is 13.8. The summed E-state index contributed by atoms with van der Waals surface area (Å²) in [5.41, 5.74) is 0. The molecule has 2 saturated heterocycles. The Bertz CT molecular complexity index is 578. The van der Waals surface area contributed by atoms with Crippen molar-refractivity contribution in [2.75, 3.05) is 26.2 Å². The SMILES string of the molecule is C[C@@H]1C[C@H](N2CCN([C@H](C)c3nc(C4CC4)no3)CC2)C(=O)O1. The number of rotatable bonds is 4. The van der Waals surface area contributed by atoms with Gasteiger partial charge in [-0.15, -0.1) is 0 Å². The van der Waals surface area contributed by atoms with E-state index in [1.54, 1.807) is 0 Å². The smallest absolute Gasteiger partial charge is 0.323 e. The van der Waals surface area contributed by atoms with Crippen molar-refractivity contribution in [2.24, 2.45) is 0 Å². The lowest BCUT2D eigenvalue weighted by atomic mass is 10.1. The third kappa shape index (κ3) is 2.99. The third-order valence-electron chi connectivity index (χ3n) is 5.24. The number of hydrogen-bond acceptors (Lipinski definition) is 7. The van der Waals surface area contributed by atoms with Gasteiger partial charge in [-0.25, -0.2) is 0 Å². The summed E-state index contributed by atoms with van der Waals surface area (Å²) in [6.07, 6.45) is 3.22. The fraction of sp³-hybridized carbons (Fsp3) is 0.812. The van der Waals surface area contributed by atoms with E-state index < -0.39 is 0 Å². The molecule has 1 aromatic heterocycles. The molecule has 3 atom stereocenters. The van der Waals surface area contributed by atoms with Gasteiger partial charge >= 0.3 is 5.97 Å². The van der Waals surface area contributed by atoms with E-state index in [1.807, 2.05) is 6.92 Å². The van der Waals surface area contributed by atoms with Gasteiger partial charge in [-0.05, 0) is 26.7 Å². The summed E-state index contributed by atoms with van der Waals surface area (Å²) >= 11 is 0. The number of carbonyl (C=O) groups is 1. The predicted octanol–water partition coefficient (Wildman–Crippen LogP) is 1.33. The van der Waals surface area contributed by atoms with Gasteiger partial charge in [-0.1, -0.05) is 5.16 Å². The lowest BCUT2D eigenvalue weighted by Crippen LogP contribution is -2.52. The molecular weight excluding hydrogens is 296 g/mol. The Balaban J connectivity index is 1.34. The first kappa shape index (κ1) is 15.1. The monoisotopic (exact) mass is 320 g/mol. The highest BCUT2D eigenvalue weighted by Gasteiger charge is 2.38. The maximum atomic E-state index is 11.9. The molecule has 23 heavy (non-hydrogen) atoms. The number of piperazine rings is 1. The van der Waals surface area contributed by atoms with Crippen LogP contribution in [0.3, 0.4) is 0 Å². The number of esters is 1. The lowest BCUT2D eigenvalue weighted by molar-refractivity contribution is -0.145. The maximum absolute atomic E-state index is 11.9. The number of aromatic nitrogens is 2. The first-order valence-electron chi connectivity index (χ1n) is 8.64. The van der Waals surface area contributed by atoms with Gasteiger partial charge in [0.25, 0.3) is 0 Å². The van der Waals surface area contributed by atoms with Gasteiger partial charge in [0.1, 0.15) is 12.1 Å². The Kier molecular flexibility index (Phi) is 3.85. The molecule has 4 rings (SSSR count). The number of ether oxygens (including phenoxy) is 1. The van der Waals surface area contributed by atoms with Gasteiger partial charge < -0.3 is 9.26 Å². The Morgan fingerprint density at radius 3 is 2.57 bits per heavy atom. The highest BCUT2D eigenvalue weighted by Crippen LogP contribution is 2.38. The van der Waals surface area contributed by atoms with Gasteiger partial charge in [0.05, 0.1) is 6.04 Å². The standard InChI is InChI=1S/C16H24N4O3/c1-10-9-13(16(21)22-10)20-7-5-19(6-8-20)11(2)15-17-14(18-23-15)12-3-4-12/h10-13H,3-9H2,1-2H3/t10-,11-,13+/m1/s1. The first-order valence-corrected chi connectivity index (χ1v) is 8.64. The van der Waals surface area contributed by atoms with E-state index in [1.165, 1.54) is 12.8 Å². The summed E-state index contributed by atoms with van der Waals surface area (Å²) in [5.74, 6) is 2.04. The molecule has 0 bridgehead atoms. The van der Waals surface area contributed by atoms with Crippen molar-refractivity contribution in [2.45, 2.75) is 57.2 Å². The fourth-order valence-electron chi connectivity index (χ4n) is 3.55. The molecule has 1 saturated carbocycles. The van der Waals surface area contributed by atoms with Crippen LogP contribution in [0.1, 0.15) is 56.8 Å². The minimum absolute atomic E-state index is 0.0451. The lowest BCUT2D eigenvalue weighted by Gasteiger charge is -2.38. The molecule has 7 nitrogen and oxygen atoms in total. The predicted molar refractivity (Wildman–Crippen MR) is 81.8 cm³/mol. The number of carbonyl (C=O) groups excluding carboxylic acids is 1. The minimum atomic E-state index is -0.0648. The van der Waals surface area contributed by atoms with Gasteiger partial charge in [-0.3, -0.25) is 14.6 Å². The molecule has 0 spiro atoms. The molecule has 0 N–H and O–H groups in total. The van der Waals surface area contributed by atoms with Crippen LogP contribution in [0.25, 0.3) is 0 Å². The van der Waals surface area contributed by atoms with Crippen LogP contribution in [-0.2, 0) is 9.53 Å². The number of hydrogen-bond donors (Lipinski definition) is 0. The topological polar surface area (TPSA) is 71.7 Å². The van der Waals surface area contributed by atoms with Crippen molar-refractivity contribution in [3.05, 3.63) is 11.7 Å². The van der Waals surface area contributed by atoms with Gasteiger partial charge in [0, 0.05) is 38.5 Å². The van der Waals surface area contributed by atoms with E-state index in [-0.39, 0.29) is 24.2 Å². The van der Waals surface area contributed by atoms with Gasteiger partial charge in [0.15, 0.2) is 5.82 Å². The van der Waals surface area contributed by atoms with E-state index >= 15 is 0 Å². The van der Waals surface area contributed by atoms with Crippen LogP contribution in [0.15, 0.2) is 4.52 Å². The minimum Gasteiger partial charge on any atom is -0.461 e. The highest BCUT2D eigenvalue weighted by molar-refractivity contribution is 5.78. The van der Waals surface area contributed by atoms with E-state index in [0.29, 0.717) is 11.8 Å². The zero-order valence-electron chi connectivity index (χ0n) is 13.8. The summed E-state index contributed by atoms with van der Waals surface area (Å²) in [7, 11) is 0. The fourth-order valence-corrected chi connectivity index (χ4v) is 3.55. The molecule has 3 aliphatic rings. The second-order valence-electron chi connectivity index (χ2n) is 7.01. The van der Waals surface area contributed by atoms with Crippen LogP contribution in [-0.4, -0.2) is 64.2 Å². The van der Waals surface area contributed by atoms with Crippen molar-refractivity contribution in [1.82, 2.24) is 19.9 Å². The van der Waals surface area contributed by atoms with Crippen molar-refractivity contribution in [3.8, 4) is 0 Å². The Morgan fingerprint density at radius 2 is 1.96 bits per heavy atom. The summed E-state index contributed by atoms with van der Waals surface area (Å²) < 4.78 is 10.7. The second-order valence-corrected chi connectivity index (χ2v) is 7.01. The van der Waals surface area contributed by atoms with E-state index in [9.17, 15) is 4.79 Å². The molecule has 0 unspecified atom stereocenters. The summed E-state index contributed by atoms with van der Waals surface area (Å²) in [6.45, 7) is 7.64. The summed E-state index contributed by atoms with van der Waals surface area (Å²) in [5, 5.41) is 4.11. The first-order chi connectivity index (χ1) is 11.1. The third-order valence-corrected chi connectivity index (χ3v) is 5.24. The van der Waals surface area contributed by atoms with E-state index in [4.69, 9.17) is 9.26 Å². The van der Waals surface area contributed by atoms with Gasteiger partial charge in [0.2, 0.25) is 5.89 Å². The highest BCUT2D eigenvalue weighted by atomic mass is 16.6. The van der Waals surface area contributed by atoms with Crippen molar-refractivity contribution < 1.29 is 14.1 Å². The Morgan fingerprint density at radius 1 is 1.22 bits per heavy atom. The molecule has 3 heterocycles. The quantitative estimate of drug-likeness (QED) is 0.775. The van der Waals surface area contributed by atoms with Crippen LogP contribution in [0.4, 0.5) is 0 Å². The molecule has 0 amide bonds. The zero-order chi connectivity index (χ0) is 16.0. The average Bonchev–Trinajstić information content (AvgIpc) is 3.18. The van der Waals surface area contributed by atoms with Crippen LogP contribution in [0, 0.1) is 0 Å². The van der Waals surface area contributed by atoms with Crippen LogP contribution >= 0.6 is 0 Å². The molecule has 1 aliphatic carbocycles. The van der Waals surface area contributed by atoms with Crippen molar-refractivity contribution >= 4 is 5.97 Å². The van der Waals surface area contributed by atoms with Crippen molar-refractivity contribution in [1.29, 1.82) is 0 Å². The van der Waals surface area contributed by atoms with E-state index in [2.05, 4.69) is 26.9 Å². The van der Waals surface area contributed by atoms with Crippen LogP contribution in [0.5, 0.6) is 0 Å². The van der Waals surface area contributed by atoms with Crippen molar-refractivity contribution in [3.63, 3.8) is 0 Å².